The SMILES string of the molecule is C[C@@H]1[C@H](C)CCC[C@H]1N1C(=O)[C@](NC(=O)c2cccc(C(F)(F)F)c2)(C(F)(F)F)C2=C1CC(C)(C)CC2=O. The van der Waals surface area contributed by atoms with Gasteiger partial charge in [-0.3, -0.25) is 14.4 Å². The Balaban J connectivity index is 1.88. The van der Waals surface area contributed by atoms with E-state index in [2.05, 4.69) is 0 Å². The summed E-state index contributed by atoms with van der Waals surface area (Å²) >= 11 is 0. The molecule has 5 nitrogen and oxygen atoms in total. The van der Waals surface area contributed by atoms with Gasteiger partial charge in [0.15, 0.2) is 5.78 Å². The third-order valence-electron chi connectivity index (χ3n) is 8.23. The summed E-state index contributed by atoms with van der Waals surface area (Å²) < 4.78 is 84.7. The Bertz CT molecular complexity index is 1200. The van der Waals surface area contributed by atoms with Crippen molar-refractivity contribution in [1.82, 2.24) is 10.2 Å². The van der Waals surface area contributed by atoms with Crippen LogP contribution in [-0.4, -0.2) is 40.3 Å². The number of alkyl halides is 6. The average Bonchev–Trinajstić information content (AvgIpc) is 3.02. The Kier molecular flexibility index (Phi) is 6.76. The van der Waals surface area contributed by atoms with Gasteiger partial charge in [-0.15, -0.1) is 0 Å². The van der Waals surface area contributed by atoms with Crippen LogP contribution in [0, 0.1) is 17.3 Å². The molecule has 38 heavy (non-hydrogen) atoms. The molecule has 0 bridgehead atoms. The molecule has 1 heterocycles. The summed E-state index contributed by atoms with van der Waals surface area (Å²) in [5, 5.41) is 1.73. The zero-order valence-electron chi connectivity index (χ0n) is 21.5. The van der Waals surface area contributed by atoms with Crippen molar-refractivity contribution in [3.8, 4) is 0 Å². The fraction of sp³-hybridized carbons (Fsp3) is 0.593. The van der Waals surface area contributed by atoms with Crippen molar-refractivity contribution in [2.75, 3.05) is 0 Å². The molecule has 11 heteroatoms. The summed E-state index contributed by atoms with van der Waals surface area (Å²) in [6.07, 6.45) is -8.60. The fourth-order valence-electron chi connectivity index (χ4n) is 6.13. The normalized spacial score (nSPS) is 29.9. The van der Waals surface area contributed by atoms with Gasteiger partial charge in [-0.25, -0.2) is 0 Å². The Morgan fingerprint density at radius 1 is 1.03 bits per heavy atom. The molecular formula is C27H30F6N2O3. The van der Waals surface area contributed by atoms with E-state index in [1.165, 1.54) is 0 Å². The van der Waals surface area contributed by atoms with E-state index in [0.717, 1.165) is 23.5 Å². The van der Waals surface area contributed by atoms with Crippen LogP contribution in [0.25, 0.3) is 0 Å². The summed E-state index contributed by atoms with van der Waals surface area (Å²) in [5.41, 5.74) is -7.23. The van der Waals surface area contributed by atoms with Gasteiger partial charge in [0, 0.05) is 23.7 Å². The zero-order chi connectivity index (χ0) is 28.4. The number of hydrogen-bond acceptors (Lipinski definition) is 3. The smallest absolute Gasteiger partial charge is 0.326 e. The molecule has 1 aromatic carbocycles. The topological polar surface area (TPSA) is 66.5 Å². The quantitative estimate of drug-likeness (QED) is 0.472. The first-order chi connectivity index (χ1) is 17.4. The number of benzene rings is 1. The molecule has 0 spiro atoms. The highest BCUT2D eigenvalue weighted by Crippen LogP contribution is 2.54. The van der Waals surface area contributed by atoms with E-state index in [0.29, 0.717) is 25.0 Å². The summed E-state index contributed by atoms with van der Waals surface area (Å²) in [6.45, 7) is 7.25. The lowest BCUT2D eigenvalue weighted by Gasteiger charge is -2.43. The Morgan fingerprint density at radius 3 is 2.29 bits per heavy atom. The summed E-state index contributed by atoms with van der Waals surface area (Å²) in [5.74, 6) is -3.99. The van der Waals surface area contributed by atoms with Gasteiger partial charge in [0.1, 0.15) is 0 Å². The van der Waals surface area contributed by atoms with Gasteiger partial charge in [-0.05, 0) is 48.3 Å². The summed E-state index contributed by atoms with van der Waals surface area (Å²) in [7, 11) is 0. The van der Waals surface area contributed by atoms with Gasteiger partial charge in [-0.1, -0.05) is 46.6 Å². The molecule has 2 aliphatic carbocycles. The van der Waals surface area contributed by atoms with Crippen molar-refractivity contribution in [1.29, 1.82) is 0 Å². The van der Waals surface area contributed by atoms with Crippen LogP contribution in [-0.2, 0) is 15.8 Å². The van der Waals surface area contributed by atoms with Crippen molar-refractivity contribution >= 4 is 17.6 Å². The van der Waals surface area contributed by atoms with Gasteiger partial charge in [-0.2, -0.15) is 26.3 Å². The van der Waals surface area contributed by atoms with E-state index in [9.17, 15) is 27.6 Å². The first-order valence-corrected chi connectivity index (χ1v) is 12.6. The molecule has 1 fully saturated rings. The van der Waals surface area contributed by atoms with Gasteiger partial charge in [0.05, 0.1) is 11.1 Å². The number of nitrogens with zero attached hydrogens (tertiary/aromatic N) is 1. The molecular weight excluding hydrogens is 514 g/mol. The summed E-state index contributed by atoms with van der Waals surface area (Å²) in [4.78, 5) is 41.5. The number of rotatable bonds is 3. The van der Waals surface area contributed by atoms with Crippen molar-refractivity contribution in [3.63, 3.8) is 0 Å². The average molecular weight is 545 g/mol. The molecule has 4 rings (SSSR count). The van der Waals surface area contributed by atoms with Crippen LogP contribution in [0.2, 0.25) is 0 Å². The van der Waals surface area contributed by atoms with Crippen molar-refractivity contribution < 1.29 is 40.7 Å². The predicted octanol–water partition coefficient (Wildman–Crippen LogP) is 6.05. The second-order valence-corrected chi connectivity index (χ2v) is 11.6. The monoisotopic (exact) mass is 544 g/mol. The van der Waals surface area contributed by atoms with E-state index < -0.39 is 63.6 Å². The number of carbonyl (C=O) groups excluding carboxylic acids is 3. The lowest BCUT2D eigenvalue weighted by Crippen LogP contribution is -2.67. The first-order valence-electron chi connectivity index (χ1n) is 12.6. The number of allylic oxidation sites excluding steroid dienone is 1. The van der Waals surface area contributed by atoms with Gasteiger partial charge >= 0.3 is 12.4 Å². The van der Waals surface area contributed by atoms with Crippen molar-refractivity contribution in [3.05, 3.63) is 46.7 Å². The molecule has 3 aliphatic rings. The minimum atomic E-state index is -5.43. The second kappa shape index (κ2) is 9.12. The van der Waals surface area contributed by atoms with Gasteiger partial charge < -0.3 is 10.2 Å². The zero-order valence-corrected chi connectivity index (χ0v) is 21.5. The van der Waals surface area contributed by atoms with E-state index in [1.54, 1.807) is 19.2 Å². The molecule has 1 aliphatic heterocycles. The largest absolute Gasteiger partial charge is 0.425 e. The molecule has 0 radical (unpaired) electrons. The van der Waals surface area contributed by atoms with Gasteiger partial charge in [0.2, 0.25) is 5.54 Å². The highest BCUT2D eigenvalue weighted by atomic mass is 19.4. The molecule has 1 saturated carbocycles. The third kappa shape index (κ3) is 4.51. The van der Waals surface area contributed by atoms with Crippen LogP contribution in [0.15, 0.2) is 35.5 Å². The van der Waals surface area contributed by atoms with Crippen LogP contribution in [0.3, 0.4) is 0 Å². The maximum absolute atomic E-state index is 15.0. The number of nitrogens with one attached hydrogen (secondary N) is 1. The maximum Gasteiger partial charge on any atom is 0.425 e. The van der Waals surface area contributed by atoms with Crippen LogP contribution in [0.1, 0.15) is 75.7 Å². The summed E-state index contributed by atoms with van der Waals surface area (Å²) in [6, 6.07) is 2.30. The van der Waals surface area contributed by atoms with E-state index in [-0.39, 0.29) is 30.4 Å². The number of amides is 2. The number of hydrogen-bond donors (Lipinski definition) is 1. The standard InChI is InChI=1S/C27H30F6N2O3/c1-14-7-5-10-18(15(14)2)35-19-12-24(3,4)13-20(36)21(19)25(23(35)38,27(31,32)33)34-22(37)16-8-6-9-17(11-16)26(28,29)30/h6,8-9,11,14-15,18H,5,7,10,12-13H2,1-4H3,(H,34,37)/t14-,15-,18-,25+/m1/s1. The molecule has 1 aromatic rings. The number of halogens is 6. The van der Waals surface area contributed by atoms with E-state index in [4.69, 9.17) is 0 Å². The molecule has 4 atom stereocenters. The molecule has 1 N–H and O–H groups in total. The highest BCUT2D eigenvalue weighted by Gasteiger charge is 2.72. The lowest BCUT2D eigenvalue weighted by atomic mass is 9.72. The number of carbonyl (C=O) groups is 3. The first kappa shape index (κ1) is 28.2. The Hall–Kier alpha value is -2.85. The Morgan fingerprint density at radius 2 is 1.68 bits per heavy atom. The molecule has 0 saturated heterocycles. The molecule has 2 amide bonds. The molecule has 208 valence electrons. The van der Waals surface area contributed by atoms with Crippen LogP contribution in [0.4, 0.5) is 26.3 Å². The number of ketones is 1. The molecule has 0 aromatic heterocycles. The molecule has 0 unspecified atom stereocenters. The number of Topliss-reactive ketones (excluding diaryl/α,β-unsaturated/α-hetero) is 1. The van der Waals surface area contributed by atoms with E-state index in [1.807, 2.05) is 13.8 Å². The van der Waals surface area contributed by atoms with Crippen LogP contribution >= 0.6 is 0 Å². The van der Waals surface area contributed by atoms with Gasteiger partial charge in [0.25, 0.3) is 11.8 Å². The van der Waals surface area contributed by atoms with E-state index >= 15 is 13.2 Å². The van der Waals surface area contributed by atoms with Crippen LogP contribution in [0.5, 0.6) is 0 Å². The van der Waals surface area contributed by atoms with Crippen molar-refractivity contribution in [2.24, 2.45) is 17.3 Å². The lowest BCUT2D eigenvalue weighted by molar-refractivity contribution is -0.192. The Labute approximate surface area is 216 Å². The minimum Gasteiger partial charge on any atom is -0.326 e. The maximum atomic E-state index is 15.0. The highest BCUT2D eigenvalue weighted by molar-refractivity contribution is 6.14. The second-order valence-electron chi connectivity index (χ2n) is 11.6. The fourth-order valence-corrected chi connectivity index (χ4v) is 6.13. The minimum absolute atomic E-state index is 0.00860. The third-order valence-corrected chi connectivity index (χ3v) is 8.23. The van der Waals surface area contributed by atoms with Crippen molar-refractivity contribution in [2.45, 2.75) is 83.7 Å². The predicted molar refractivity (Wildman–Crippen MR) is 126 cm³/mol. The van der Waals surface area contributed by atoms with Crippen LogP contribution < -0.4 is 5.32 Å².